The molecule has 11 heteroatoms. The van der Waals surface area contributed by atoms with Gasteiger partial charge in [0.15, 0.2) is 0 Å². The normalized spacial score (nSPS) is 26.4. The van der Waals surface area contributed by atoms with Crippen LogP contribution < -0.4 is 9.46 Å². The number of rotatable bonds is 9. The number of piperidine rings is 1. The molecular weight excluding hydrogens is 735 g/mol. The summed E-state index contributed by atoms with van der Waals surface area (Å²) in [7, 11) is 0.00145. The van der Waals surface area contributed by atoms with Gasteiger partial charge in [-0.25, -0.2) is 4.72 Å². The molecule has 3 aromatic carbocycles. The minimum atomic E-state index is -3.92. The second-order valence-corrected chi connectivity index (χ2v) is 19.5. The molecule has 0 radical (unpaired) electrons. The molecule has 10 nitrogen and oxygen atoms in total. The predicted molar refractivity (Wildman–Crippen MR) is 223 cm³/mol. The van der Waals surface area contributed by atoms with E-state index in [1.807, 2.05) is 18.2 Å². The number of fused-ring (bicyclic) bond motifs is 7. The average molecular weight is 792 g/mol. The van der Waals surface area contributed by atoms with Gasteiger partial charge in [0.05, 0.1) is 18.2 Å². The smallest absolute Gasteiger partial charge is 0.304 e. The number of aromatic nitrogens is 1. The highest BCUT2D eigenvalue weighted by Gasteiger charge is 2.53. The van der Waals surface area contributed by atoms with Crippen LogP contribution in [0, 0.1) is 5.41 Å². The van der Waals surface area contributed by atoms with Crippen molar-refractivity contribution in [3.05, 3.63) is 89.0 Å². The van der Waals surface area contributed by atoms with Crippen LogP contribution in [0.15, 0.2) is 66.7 Å². The van der Waals surface area contributed by atoms with Crippen LogP contribution in [0.3, 0.4) is 0 Å². The molecule has 1 aliphatic carbocycles. The van der Waals surface area contributed by atoms with Gasteiger partial charge in [-0.1, -0.05) is 62.6 Å². The summed E-state index contributed by atoms with van der Waals surface area (Å²) in [5, 5.41) is 1.08. The molecule has 2 amide bonds. The average Bonchev–Trinajstić information content (AvgIpc) is 3.61. The Morgan fingerprint density at radius 2 is 1.63 bits per heavy atom. The van der Waals surface area contributed by atoms with Crippen LogP contribution in [-0.2, 0) is 28.1 Å². The molecule has 4 unspecified atom stereocenters. The van der Waals surface area contributed by atoms with E-state index in [4.69, 9.17) is 4.74 Å². The van der Waals surface area contributed by atoms with Gasteiger partial charge in [-0.2, -0.15) is 12.7 Å². The van der Waals surface area contributed by atoms with E-state index in [-0.39, 0.29) is 23.9 Å². The van der Waals surface area contributed by atoms with Gasteiger partial charge in [-0.3, -0.25) is 14.5 Å². The minimum Gasteiger partial charge on any atom is -0.497 e. The lowest BCUT2D eigenvalue weighted by Gasteiger charge is -2.47. The molecule has 5 heterocycles. The topological polar surface area (TPSA) is 104 Å². The number of carbonyl (C=O) groups is 2. The van der Waals surface area contributed by atoms with E-state index >= 15 is 4.79 Å². The number of methoxy groups -OCH3 is 1. The number of nitrogens with one attached hydrogen (secondary N) is 1. The largest absolute Gasteiger partial charge is 0.497 e. The molecule has 302 valence electrons. The molecular formula is C46H57N5O5S. The second kappa shape index (κ2) is 14.9. The Labute approximate surface area is 337 Å². The van der Waals surface area contributed by atoms with Gasteiger partial charge in [0.25, 0.3) is 5.91 Å². The van der Waals surface area contributed by atoms with E-state index in [2.05, 4.69) is 82.4 Å². The first kappa shape index (κ1) is 38.3. The molecule has 4 atom stereocenters. The zero-order valence-electron chi connectivity index (χ0n) is 33.9. The SMILES string of the molecule is COc1ccc2c(c1)C(C)C(C)(C(=O)N1C3CCC1CC(N(C)Cc1ccccc1)C3)Cn1c-2c(C2CCCCC2)c2ccc(C(=O)NS(=O)(=O)N3CCC3)cc21. The fraction of sp³-hybridized carbons (Fsp3) is 0.522. The van der Waals surface area contributed by atoms with E-state index in [0.717, 1.165) is 97.8 Å². The Balaban J connectivity index is 1.13. The quantitative estimate of drug-likeness (QED) is 0.186. The van der Waals surface area contributed by atoms with Crippen molar-refractivity contribution in [2.24, 2.45) is 5.41 Å². The summed E-state index contributed by atoms with van der Waals surface area (Å²) in [6, 6.07) is 23.4. The highest BCUT2D eigenvalue weighted by Crippen LogP contribution is 2.54. The van der Waals surface area contributed by atoms with Crippen LogP contribution in [-0.4, -0.2) is 84.3 Å². The third-order valence-electron chi connectivity index (χ3n) is 14.5. The Morgan fingerprint density at radius 3 is 2.30 bits per heavy atom. The Bertz CT molecular complexity index is 2280. The third kappa shape index (κ3) is 6.67. The summed E-state index contributed by atoms with van der Waals surface area (Å²) in [6.45, 7) is 6.53. The monoisotopic (exact) mass is 791 g/mol. The molecule has 5 aliphatic rings. The fourth-order valence-corrected chi connectivity index (χ4v) is 12.2. The van der Waals surface area contributed by atoms with Gasteiger partial charge in [-0.15, -0.1) is 0 Å². The van der Waals surface area contributed by atoms with Crippen molar-refractivity contribution in [1.29, 1.82) is 0 Å². The Hall–Kier alpha value is -4.19. The number of hydrogen-bond donors (Lipinski definition) is 1. The zero-order valence-corrected chi connectivity index (χ0v) is 34.7. The van der Waals surface area contributed by atoms with Crippen LogP contribution >= 0.6 is 0 Å². The summed E-state index contributed by atoms with van der Waals surface area (Å²) >= 11 is 0. The minimum absolute atomic E-state index is 0.143. The number of carbonyl (C=O) groups excluding carboxylic acids is 2. The van der Waals surface area contributed by atoms with Gasteiger partial charge in [0, 0.05) is 66.3 Å². The van der Waals surface area contributed by atoms with Crippen LogP contribution in [0.25, 0.3) is 22.2 Å². The molecule has 1 N–H and O–H groups in total. The van der Waals surface area contributed by atoms with Crippen LogP contribution in [0.4, 0.5) is 0 Å². The molecule has 9 rings (SSSR count). The van der Waals surface area contributed by atoms with Crippen LogP contribution in [0.1, 0.15) is 117 Å². The van der Waals surface area contributed by atoms with E-state index < -0.39 is 21.5 Å². The summed E-state index contributed by atoms with van der Waals surface area (Å²) in [6.07, 6.45) is 10.4. The third-order valence-corrected chi connectivity index (χ3v) is 16.0. The molecule has 0 spiro atoms. The number of hydrogen-bond acceptors (Lipinski definition) is 6. The van der Waals surface area contributed by atoms with Crippen molar-refractivity contribution in [2.45, 2.75) is 121 Å². The fourth-order valence-electron chi connectivity index (χ4n) is 11.0. The summed E-state index contributed by atoms with van der Waals surface area (Å²) in [5.41, 5.74) is 6.25. The molecule has 2 bridgehead atoms. The van der Waals surface area contributed by atoms with Gasteiger partial charge >= 0.3 is 10.2 Å². The lowest BCUT2D eigenvalue weighted by Crippen LogP contribution is -2.56. The van der Waals surface area contributed by atoms with Crippen molar-refractivity contribution in [3.63, 3.8) is 0 Å². The van der Waals surface area contributed by atoms with E-state index in [9.17, 15) is 13.2 Å². The maximum absolute atomic E-state index is 15.6. The predicted octanol–water partition coefficient (Wildman–Crippen LogP) is 7.82. The Morgan fingerprint density at radius 1 is 0.912 bits per heavy atom. The number of ether oxygens (including phenoxy) is 1. The summed E-state index contributed by atoms with van der Waals surface area (Å²) in [5.74, 6) is 0.515. The van der Waals surface area contributed by atoms with E-state index in [1.54, 1.807) is 13.2 Å². The molecule has 1 aromatic heterocycles. The first-order valence-electron chi connectivity index (χ1n) is 21.2. The molecule has 4 aromatic rings. The maximum atomic E-state index is 15.6. The number of benzene rings is 3. The highest BCUT2D eigenvalue weighted by atomic mass is 32.2. The van der Waals surface area contributed by atoms with E-state index in [1.165, 1.54) is 21.9 Å². The highest BCUT2D eigenvalue weighted by molar-refractivity contribution is 7.87. The second-order valence-electron chi connectivity index (χ2n) is 17.8. The zero-order chi connectivity index (χ0) is 39.6. The van der Waals surface area contributed by atoms with Crippen molar-refractivity contribution < 1.29 is 22.7 Å². The number of nitrogens with zero attached hydrogens (tertiary/aromatic N) is 4. The maximum Gasteiger partial charge on any atom is 0.304 e. The number of amides is 2. The van der Waals surface area contributed by atoms with Gasteiger partial charge < -0.3 is 14.2 Å². The lowest BCUT2D eigenvalue weighted by atomic mass is 9.71. The molecule has 4 aliphatic heterocycles. The van der Waals surface area contributed by atoms with Crippen molar-refractivity contribution in [3.8, 4) is 17.0 Å². The van der Waals surface area contributed by atoms with Crippen molar-refractivity contribution in [2.75, 3.05) is 27.2 Å². The summed E-state index contributed by atoms with van der Waals surface area (Å²) in [4.78, 5) is 34.1. The molecule has 4 fully saturated rings. The van der Waals surface area contributed by atoms with Gasteiger partial charge in [-0.05, 0) is 118 Å². The Kier molecular flexibility index (Phi) is 10.0. The van der Waals surface area contributed by atoms with Gasteiger partial charge in [0.1, 0.15) is 5.75 Å². The standard InChI is InChI=1S/C46H57N5O5S/c1-30-40-27-37(56-4)19-21-38(40)43-42(32-14-9-6-10-15-32)39-20-16-33(44(52)47-57(54,55)49-22-11-23-49)24-41(39)50(43)29-46(30,2)45(53)51-34-17-18-35(51)26-36(25-34)48(3)28-31-12-7-5-8-13-31/h5,7-8,12-13,16,19-21,24,27,30,32,34-36H,6,9-11,14-15,17-18,22-23,25-26,28-29H2,1-4H3,(H,47,52). The molecule has 57 heavy (non-hydrogen) atoms. The van der Waals surface area contributed by atoms with Crippen LogP contribution in [0.5, 0.6) is 5.75 Å². The van der Waals surface area contributed by atoms with E-state index in [0.29, 0.717) is 37.2 Å². The lowest BCUT2D eigenvalue weighted by molar-refractivity contribution is -0.149. The first-order chi connectivity index (χ1) is 27.5. The molecule has 3 saturated heterocycles. The summed E-state index contributed by atoms with van der Waals surface area (Å²) < 4.78 is 37.8. The van der Waals surface area contributed by atoms with Crippen LogP contribution in [0.2, 0.25) is 0 Å². The van der Waals surface area contributed by atoms with Crippen molar-refractivity contribution in [1.82, 2.24) is 23.4 Å². The van der Waals surface area contributed by atoms with Crippen molar-refractivity contribution >= 4 is 32.9 Å². The van der Waals surface area contributed by atoms with Gasteiger partial charge in [0.2, 0.25) is 5.91 Å². The first-order valence-corrected chi connectivity index (χ1v) is 22.6. The molecule has 1 saturated carbocycles.